The minimum Gasteiger partial charge on any atom is -0.410 e. The smallest absolute Gasteiger partial charge is 0.227 e. The van der Waals surface area contributed by atoms with Gasteiger partial charge in [0.05, 0.1) is 0 Å². The maximum absolute atomic E-state index is 11.4. The first kappa shape index (κ1) is 10.2. The van der Waals surface area contributed by atoms with Crippen molar-refractivity contribution in [3.8, 4) is 6.07 Å². The number of rotatable bonds is 2. The van der Waals surface area contributed by atoms with Gasteiger partial charge in [-0.2, -0.15) is 5.26 Å². The third-order valence-electron chi connectivity index (χ3n) is 1.53. The average molecular weight is 209 g/mol. The van der Waals surface area contributed by atoms with E-state index < -0.39 is 11.5 Å². The predicted octanol–water partition coefficient (Wildman–Crippen LogP) is 1.88. The van der Waals surface area contributed by atoms with Crippen molar-refractivity contribution >= 4 is 23.1 Å². The van der Waals surface area contributed by atoms with E-state index in [1.807, 2.05) is 0 Å². The number of hydrogen-bond acceptors (Lipinski definition) is 4. The van der Waals surface area contributed by atoms with Gasteiger partial charge in [-0.1, -0.05) is 16.8 Å². The van der Waals surface area contributed by atoms with Gasteiger partial charge in [-0.05, 0) is 24.3 Å². The first-order valence-electron chi connectivity index (χ1n) is 3.61. The molecule has 0 aliphatic carbocycles. The Morgan fingerprint density at radius 3 is 2.43 bits per heavy atom. The Morgan fingerprint density at radius 2 is 2.00 bits per heavy atom. The van der Waals surface area contributed by atoms with Crippen molar-refractivity contribution in [2.45, 2.75) is 0 Å². The van der Waals surface area contributed by atoms with Crippen LogP contribution in [0.2, 0.25) is 5.02 Å². The Kier molecular flexibility index (Phi) is 3.21. The van der Waals surface area contributed by atoms with Crippen LogP contribution in [-0.2, 0) is 0 Å². The second-order valence-corrected chi connectivity index (χ2v) is 2.83. The molecule has 0 aliphatic rings. The van der Waals surface area contributed by atoms with Crippen LogP contribution in [0.3, 0.4) is 0 Å². The molecular formula is C9H5ClN2O2. The molecule has 1 N–H and O–H groups in total. The van der Waals surface area contributed by atoms with Gasteiger partial charge in [0.25, 0.3) is 0 Å². The summed E-state index contributed by atoms with van der Waals surface area (Å²) in [5, 5.41) is 19.8. The fourth-order valence-corrected chi connectivity index (χ4v) is 0.983. The van der Waals surface area contributed by atoms with Crippen LogP contribution in [-0.4, -0.2) is 16.7 Å². The van der Waals surface area contributed by atoms with Gasteiger partial charge in [0.15, 0.2) is 0 Å². The first-order chi connectivity index (χ1) is 6.69. The molecule has 0 atom stereocenters. The number of Topliss-reactive ketones (excluding diaryl/α,β-unsaturated/α-hetero) is 1. The van der Waals surface area contributed by atoms with Crippen LogP contribution in [0.1, 0.15) is 10.4 Å². The fraction of sp³-hybridized carbons (Fsp3) is 0. The summed E-state index contributed by atoms with van der Waals surface area (Å²) in [4.78, 5) is 11.4. The monoisotopic (exact) mass is 208 g/mol. The third kappa shape index (κ3) is 2.09. The lowest BCUT2D eigenvalue weighted by atomic mass is 10.1. The number of ketones is 1. The zero-order valence-electron chi connectivity index (χ0n) is 6.94. The standard InChI is InChI=1S/C9H5ClN2O2/c10-7-3-1-6(2-4-7)9(13)8(5-11)12-14/h1-4,14H. The second kappa shape index (κ2) is 4.40. The van der Waals surface area contributed by atoms with Gasteiger partial charge < -0.3 is 5.21 Å². The summed E-state index contributed by atoms with van der Waals surface area (Å²) < 4.78 is 0. The van der Waals surface area contributed by atoms with Crippen LogP contribution in [0.5, 0.6) is 0 Å². The summed E-state index contributed by atoms with van der Waals surface area (Å²) >= 11 is 5.61. The zero-order valence-corrected chi connectivity index (χ0v) is 7.69. The van der Waals surface area contributed by atoms with E-state index in [2.05, 4.69) is 5.16 Å². The van der Waals surface area contributed by atoms with Crippen LogP contribution in [0.15, 0.2) is 29.4 Å². The number of benzene rings is 1. The molecule has 70 valence electrons. The highest BCUT2D eigenvalue weighted by atomic mass is 35.5. The van der Waals surface area contributed by atoms with Gasteiger partial charge in [-0.25, -0.2) is 0 Å². The van der Waals surface area contributed by atoms with Crippen LogP contribution in [0, 0.1) is 11.3 Å². The van der Waals surface area contributed by atoms with E-state index >= 15 is 0 Å². The van der Waals surface area contributed by atoms with E-state index in [1.54, 1.807) is 0 Å². The van der Waals surface area contributed by atoms with Crippen molar-refractivity contribution in [2.24, 2.45) is 5.16 Å². The van der Waals surface area contributed by atoms with Crippen LogP contribution >= 0.6 is 11.6 Å². The van der Waals surface area contributed by atoms with Crippen molar-refractivity contribution in [3.63, 3.8) is 0 Å². The molecule has 0 saturated heterocycles. The molecule has 14 heavy (non-hydrogen) atoms. The molecule has 0 saturated carbocycles. The highest BCUT2D eigenvalue weighted by Crippen LogP contribution is 2.10. The molecule has 0 bridgehead atoms. The Hall–Kier alpha value is -1.86. The SMILES string of the molecule is N#CC(=NO)C(=O)c1ccc(Cl)cc1. The van der Waals surface area contributed by atoms with Crippen LogP contribution in [0.25, 0.3) is 0 Å². The van der Waals surface area contributed by atoms with E-state index in [1.165, 1.54) is 30.3 Å². The number of nitrogens with zero attached hydrogens (tertiary/aromatic N) is 2. The number of nitriles is 1. The predicted molar refractivity (Wildman–Crippen MR) is 50.6 cm³/mol. The van der Waals surface area contributed by atoms with Crippen LogP contribution < -0.4 is 0 Å². The summed E-state index contributed by atoms with van der Waals surface area (Å²) in [7, 11) is 0. The summed E-state index contributed by atoms with van der Waals surface area (Å²) in [5.74, 6) is -0.633. The Labute approximate surface area is 85.0 Å². The van der Waals surface area contributed by atoms with Crippen molar-refractivity contribution in [2.75, 3.05) is 0 Å². The largest absolute Gasteiger partial charge is 0.410 e. The first-order valence-corrected chi connectivity index (χ1v) is 3.99. The Bertz CT molecular complexity index is 417. The normalized spacial score (nSPS) is 10.7. The molecule has 0 radical (unpaired) electrons. The topological polar surface area (TPSA) is 73.4 Å². The molecule has 5 heteroatoms. The fourth-order valence-electron chi connectivity index (χ4n) is 0.857. The molecule has 1 rings (SSSR count). The van der Waals surface area contributed by atoms with E-state index in [9.17, 15) is 4.79 Å². The minimum atomic E-state index is -0.633. The van der Waals surface area contributed by atoms with Crippen molar-refractivity contribution in [1.29, 1.82) is 5.26 Å². The number of carbonyl (C=O) groups is 1. The Morgan fingerprint density at radius 1 is 1.43 bits per heavy atom. The van der Waals surface area contributed by atoms with E-state index in [-0.39, 0.29) is 5.56 Å². The molecular weight excluding hydrogens is 204 g/mol. The van der Waals surface area contributed by atoms with Crippen molar-refractivity contribution in [3.05, 3.63) is 34.9 Å². The van der Waals surface area contributed by atoms with Crippen molar-refractivity contribution in [1.82, 2.24) is 0 Å². The molecule has 0 amide bonds. The molecule has 0 aliphatic heterocycles. The summed E-state index contributed by atoms with van der Waals surface area (Å²) in [6, 6.07) is 7.42. The van der Waals surface area contributed by atoms with E-state index in [0.717, 1.165) is 0 Å². The highest BCUT2D eigenvalue weighted by molar-refractivity contribution is 6.51. The highest BCUT2D eigenvalue weighted by Gasteiger charge is 2.13. The van der Waals surface area contributed by atoms with Gasteiger partial charge in [-0.15, -0.1) is 0 Å². The number of carbonyl (C=O) groups excluding carboxylic acids is 1. The van der Waals surface area contributed by atoms with Gasteiger partial charge in [0, 0.05) is 10.6 Å². The molecule has 0 spiro atoms. The lowest BCUT2D eigenvalue weighted by Crippen LogP contribution is -2.11. The summed E-state index contributed by atoms with van der Waals surface area (Å²) in [6.07, 6.45) is 0. The zero-order chi connectivity index (χ0) is 10.6. The van der Waals surface area contributed by atoms with Gasteiger partial charge in [-0.3, -0.25) is 4.79 Å². The molecule has 4 nitrogen and oxygen atoms in total. The number of halogens is 1. The second-order valence-electron chi connectivity index (χ2n) is 2.40. The van der Waals surface area contributed by atoms with E-state index in [4.69, 9.17) is 22.1 Å². The number of oxime groups is 1. The Balaban J connectivity index is 3.03. The molecule has 0 aromatic heterocycles. The maximum Gasteiger partial charge on any atom is 0.227 e. The number of hydrogen-bond donors (Lipinski definition) is 1. The van der Waals surface area contributed by atoms with E-state index in [0.29, 0.717) is 5.02 Å². The molecule has 0 fully saturated rings. The lowest BCUT2D eigenvalue weighted by Gasteiger charge is -1.96. The maximum atomic E-state index is 11.4. The minimum absolute atomic E-state index is 0.253. The van der Waals surface area contributed by atoms with Crippen molar-refractivity contribution < 1.29 is 10.0 Å². The molecule has 0 unspecified atom stereocenters. The molecule has 1 aromatic rings. The van der Waals surface area contributed by atoms with Gasteiger partial charge in [0.2, 0.25) is 11.5 Å². The third-order valence-corrected chi connectivity index (χ3v) is 1.78. The van der Waals surface area contributed by atoms with Gasteiger partial charge >= 0.3 is 0 Å². The summed E-state index contributed by atoms with van der Waals surface area (Å²) in [6.45, 7) is 0. The summed E-state index contributed by atoms with van der Waals surface area (Å²) in [5.41, 5.74) is -0.295. The lowest BCUT2D eigenvalue weighted by molar-refractivity contribution is 0.106. The quantitative estimate of drug-likeness (QED) is 0.349. The van der Waals surface area contributed by atoms with Crippen LogP contribution in [0.4, 0.5) is 0 Å². The molecule has 1 aromatic carbocycles. The van der Waals surface area contributed by atoms with Gasteiger partial charge in [0.1, 0.15) is 6.07 Å². The average Bonchev–Trinajstić information content (AvgIpc) is 2.20. The molecule has 0 heterocycles.